The third kappa shape index (κ3) is 2.47. The number of carbonyl (C=O) groups excluding carboxylic acids is 3. The Morgan fingerprint density at radius 3 is 2.00 bits per heavy atom. The number of hydrogen-bond donors (Lipinski definition) is 0. The van der Waals surface area contributed by atoms with Gasteiger partial charge in [-0.3, -0.25) is 9.59 Å². The quantitative estimate of drug-likeness (QED) is 0.550. The topological polar surface area (TPSA) is 51.2 Å². The second-order valence-corrected chi connectivity index (χ2v) is 6.63. The molecule has 2 aliphatic carbocycles. The Bertz CT molecular complexity index is 385. The van der Waals surface area contributed by atoms with E-state index < -0.39 is 10.8 Å². The number of hydrogen-bond acceptors (Lipinski definition) is 3. The van der Waals surface area contributed by atoms with Crippen molar-refractivity contribution in [3.63, 3.8) is 0 Å². The van der Waals surface area contributed by atoms with E-state index in [1.807, 2.05) is 6.92 Å². The van der Waals surface area contributed by atoms with Crippen molar-refractivity contribution in [1.29, 1.82) is 0 Å². The van der Waals surface area contributed by atoms with Gasteiger partial charge in [-0.05, 0) is 32.1 Å². The van der Waals surface area contributed by atoms with Gasteiger partial charge in [0.2, 0.25) is 0 Å². The van der Waals surface area contributed by atoms with Gasteiger partial charge >= 0.3 is 0 Å². The molecule has 20 heavy (non-hydrogen) atoms. The molecule has 0 bridgehead atoms. The molecule has 3 heteroatoms. The van der Waals surface area contributed by atoms with E-state index in [0.29, 0.717) is 32.1 Å². The predicted octanol–water partition coefficient (Wildman–Crippen LogP) is 3.63. The second-order valence-electron chi connectivity index (χ2n) is 6.63. The molecule has 3 nitrogen and oxygen atoms in total. The smallest absolute Gasteiger partial charge is 0.159 e. The van der Waals surface area contributed by atoms with Crippen molar-refractivity contribution in [1.82, 2.24) is 0 Å². The molecule has 2 rings (SSSR count). The molecule has 2 aliphatic rings. The van der Waals surface area contributed by atoms with Crippen molar-refractivity contribution in [2.75, 3.05) is 0 Å². The zero-order chi connectivity index (χ0) is 14.6. The molecular formula is C17H26O3. The molecule has 0 heterocycles. The summed E-state index contributed by atoms with van der Waals surface area (Å²) >= 11 is 0. The summed E-state index contributed by atoms with van der Waals surface area (Å²) in [5.74, 6) is 0.0601. The van der Waals surface area contributed by atoms with Crippen LogP contribution < -0.4 is 0 Å². The van der Waals surface area contributed by atoms with Gasteiger partial charge in [0.1, 0.15) is 12.1 Å². The molecule has 0 aromatic carbocycles. The summed E-state index contributed by atoms with van der Waals surface area (Å²) in [5, 5.41) is 0. The van der Waals surface area contributed by atoms with E-state index in [0.717, 1.165) is 44.8 Å². The highest BCUT2D eigenvalue weighted by molar-refractivity contribution is 6.14. The summed E-state index contributed by atoms with van der Waals surface area (Å²) in [7, 11) is 0. The average molecular weight is 278 g/mol. The van der Waals surface area contributed by atoms with Gasteiger partial charge in [0.15, 0.2) is 5.78 Å². The van der Waals surface area contributed by atoms with Crippen LogP contribution in [0, 0.1) is 10.8 Å². The summed E-state index contributed by atoms with van der Waals surface area (Å²) in [4.78, 5) is 37.4. The standard InChI is InChI=1S/C17H26O3/c1-2-8-14(19)17(11-6-7-12-17)15(20)16(13-18)9-4-3-5-10-16/h13H,2-12H2,1H3. The molecule has 0 aromatic heterocycles. The first kappa shape index (κ1) is 15.4. The zero-order valence-corrected chi connectivity index (χ0v) is 12.6. The van der Waals surface area contributed by atoms with E-state index in [1.54, 1.807) is 0 Å². The summed E-state index contributed by atoms with van der Waals surface area (Å²) in [6.45, 7) is 1.97. The fourth-order valence-electron chi connectivity index (χ4n) is 4.14. The molecule has 0 spiro atoms. The first-order chi connectivity index (χ1) is 9.61. The van der Waals surface area contributed by atoms with E-state index in [2.05, 4.69) is 0 Å². The Kier molecular flexibility index (Phi) is 4.77. The van der Waals surface area contributed by atoms with Gasteiger partial charge in [0, 0.05) is 6.42 Å². The van der Waals surface area contributed by atoms with Gasteiger partial charge in [-0.15, -0.1) is 0 Å². The van der Waals surface area contributed by atoms with Crippen LogP contribution in [0.3, 0.4) is 0 Å². The average Bonchev–Trinajstić information content (AvgIpc) is 2.98. The summed E-state index contributed by atoms with van der Waals surface area (Å²) in [6, 6.07) is 0. The normalized spacial score (nSPS) is 24.2. The van der Waals surface area contributed by atoms with Gasteiger partial charge in [-0.2, -0.15) is 0 Å². The lowest BCUT2D eigenvalue weighted by Crippen LogP contribution is -2.48. The SMILES string of the molecule is CCCC(=O)C1(C(=O)C2(C=O)CCCCC2)CCCC1. The highest BCUT2D eigenvalue weighted by atomic mass is 16.2. The maximum Gasteiger partial charge on any atom is 0.159 e. The molecule has 0 unspecified atom stereocenters. The first-order valence-corrected chi connectivity index (χ1v) is 8.16. The first-order valence-electron chi connectivity index (χ1n) is 8.16. The molecule has 0 N–H and O–H groups in total. The fourth-order valence-corrected chi connectivity index (χ4v) is 4.14. The van der Waals surface area contributed by atoms with Crippen LogP contribution in [0.1, 0.15) is 77.6 Å². The fraction of sp³-hybridized carbons (Fsp3) is 0.824. The van der Waals surface area contributed by atoms with Crippen LogP contribution in [-0.4, -0.2) is 17.9 Å². The minimum absolute atomic E-state index is 0.0318. The van der Waals surface area contributed by atoms with Gasteiger partial charge in [0.05, 0.1) is 10.8 Å². The number of ketones is 2. The second kappa shape index (κ2) is 6.19. The minimum Gasteiger partial charge on any atom is -0.302 e. The molecule has 0 aliphatic heterocycles. The lowest BCUT2D eigenvalue weighted by molar-refractivity contribution is -0.150. The number of carbonyl (C=O) groups is 3. The Morgan fingerprint density at radius 2 is 1.50 bits per heavy atom. The molecule has 0 saturated heterocycles. The van der Waals surface area contributed by atoms with E-state index in [-0.39, 0.29) is 11.6 Å². The zero-order valence-electron chi connectivity index (χ0n) is 12.6. The number of Topliss-reactive ketones (excluding diaryl/α,β-unsaturated/α-hetero) is 2. The third-order valence-electron chi connectivity index (χ3n) is 5.33. The minimum atomic E-state index is -0.855. The van der Waals surface area contributed by atoms with Crippen molar-refractivity contribution >= 4 is 17.9 Å². The third-order valence-corrected chi connectivity index (χ3v) is 5.33. The van der Waals surface area contributed by atoms with Crippen LogP contribution in [0.25, 0.3) is 0 Å². The maximum absolute atomic E-state index is 13.1. The molecule has 2 saturated carbocycles. The van der Waals surface area contributed by atoms with Crippen LogP contribution in [0.15, 0.2) is 0 Å². The van der Waals surface area contributed by atoms with Gasteiger partial charge in [-0.25, -0.2) is 0 Å². The highest BCUT2D eigenvalue weighted by Crippen LogP contribution is 2.49. The molecule has 0 amide bonds. The van der Waals surface area contributed by atoms with Gasteiger partial charge < -0.3 is 4.79 Å². The Morgan fingerprint density at radius 1 is 0.950 bits per heavy atom. The molecule has 112 valence electrons. The largest absolute Gasteiger partial charge is 0.302 e. The van der Waals surface area contributed by atoms with E-state index in [4.69, 9.17) is 0 Å². The van der Waals surface area contributed by atoms with Crippen molar-refractivity contribution in [3.8, 4) is 0 Å². The Labute approximate surface area is 121 Å². The monoisotopic (exact) mass is 278 g/mol. The summed E-state index contributed by atoms with van der Waals surface area (Å²) in [6.07, 6.45) is 9.60. The molecule has 2 fully saturated rings. The van der Waals surface area contributed by atoms with Crippen LogP contribution in [-0.2, 0) is 14.4 Å². The Balaban J connectivity index is 2.30. The summed E-state index contributed by atoms with van der Waals surface area (Å²) in [5.41, 5.74) is -1.68. The van der Waals surface area contributed by atoms with Crippen molar-refractivity contribution in [2.24, 2.45) is 10.8 Å². The number of rotatable bonds is 6. The van der Waals surface area contributed by atoms with Gasteiger partial charge in [0.25, 0.3) is 0 Å². The molecular weight excluding hydrogens is 252 g/mol. The lowest BCUT2D eigenvalue weighted by Gasteiger charge is -2.38. The number of aldehydes is 1. The predicted molar refractivity (Wildman–Crippen MR) is 77.4 cm³/mol. The van der Waals surface area contributed by atoms with E-state index in [1.165, 1.54) is 0 Å². The van der Waals surface area contributed by atoms with Gasteiger partial charge in [-0.1, -0.05) is 39.0 Å². The van der Waals surface area contributed by atoms with Crippen molar-refractivity contribution < 1.29 is 14.4 Å². The van der Waals surface area contributed by atoms with Crippen molar-refractivity contribution in [3.05, 3.63) is 0 Å². The maximum atomic E-state index is 13.1. The molecule has 0 aromatic rings. The van der Waals surface area contributed by atoms with E-state index >= 15 is 0 Å². The van der Waals surface area contributed by atoms with E-state index in [9.17, 15) is 14.4 Å². The van der Waals surface area contributed by atoms with Crippen LogP contribution in [0.2, 0.25) is 0 Å². The molecule has 0 radical (unpaired) electrons. The lowest BCUT2D eigenvalue weighted by atomic mass is 9.61. The van der Waals surface area contributed by atoms with Crippen LogP contribution >= 0.6 is 0 Å². The summed E-state index contributed by atoms with van der Waals surface area (Å²) < 4.78 is 0. The van der Waals surface area contributed by atoms with Crippen LogP contribution in [0.4, 0.5) is 0 Å². The van der Waals surface area contributed by atoms with Crippen LogP contribution in [0.5, 0.6) is 0 Å². The van der Waals surface area contributed by atoms with Crippen molar-refractivity contribution in [2.45, 2.75) is 77.6 Å². The highest BCUT2D eigenvalue weighted by Gasteiger charge is 2.54. The molecule has 0 atom stereocenters. The Hall–Kier alpha value is -0.990.